The van der Waals surface area contributed by atoms with Crippen molar-refractivity contribution >= 4 is 38.2 Å². The molecule has 1 N–H and O–H groups in total. The molecular formula is C23H27ClN2O4S. The van der Waals surface area contributed by atoms with Gasteiger partial charge in [0.1, 0.15) is 5.69 Å². The molecular weight excluding hydrogens is 436 g/mol. The predicted octanol–water partition coefficient (Wildman–Crippen LogP) is 4.44. The lowest BCUT2D eigenvalue weighted by atomic mass is 10.1. The molecule has 0 aliphatic rings. The van der Waals surface area contributed by atoms with Crippen LogP contribution in [-0.2, 0) is 21.6 Å². The van der Waals surface area contributed by atoms with Crippen LogP contribution < -0.4 is 5.32 Å². The maximum absolute atomic E-state index is 12.9. The van der Waals surface area contributed by atoms with Crippen molar-refractivity contribution in [2.24, 2.45) is 7.05 Å². The molecule has 0 saturated carbocycles. The standard InChI is InChI=1S/C23H27ClN2O4S/c1-14-10-20(24)19-12-22(26(4)21(19)11-14)23(27)25-16(3)17-6-8-18(9-7-17)31(28,29)15(2)13-30-5/h6-12,15-16H,13H2,1-5H3,(H,25,27)/t15?,16-/m1/s1. The number of aryl methyl sites for hydroxylation is 2. The SMILES string of the molecule is COCC(C)S(=O)(=O)c1ccc([C@@H](C)NC(=O)c2cc3c(Cl)cc(C)cc3n2C)cc1. The molecule has 0 spiro atoms. The molecule has 1 amide bonds. The fourth-order valence-electron chi connectivity index (χ4n) is 3.59. The molecule has 0 fully saturated rings. The molecule has 31 heavy (non-hydrogen) atoms. The van der Waals surface area contributed by atoms with Crippen molar-refractivity contribution in [3.8, 4) is 0 Å². The Bertz CT molecular complexity index is 1220. The van der Waals surface area contributed by atoms with Crippen molar-refractivity contribution in [3.05, 3.63) is 64.3 Å². The summed E-state index contributed by atoms with van der Waals surface area (Å²) in [6.07, 6.45) is 0. The van der Waals surface area contributed by atoms with Crippen LogP contribution in [0.2, 0.25) is 5.02 Å². The Balaban J connectivity index is 1.80. The topological polar surface area (TPSA) is 77.4 Å². The number of carbonyl (C=O) groups excluding carboxylic acids is 1. The van der Waals surface area contributed by atoms with Crippen LogP contribution in [0, 0.1) is 6.92 Å². The van der Waals surface area contributed by atoms with Crippen LogP contribution in [0.15, 0.2) is 47.4 Å². The highest BCUT2D eigenvalue weighted by atomic mass is 35.5. The van der Waals surface area contributed by atoms with Gasteiger partial charge in [-0.05, 0) is 62.2 Å². The van der Waals surface area contributed by atoms with Crippen molar-refractivity contribution in [3.63, 3.8) is 0 Å². The lowest BCUT2D eigenvalue weighted by Crippen LogP contribution is -2.28. The molecule has 6 nitrogen and oxygen atoms in total. The molecule has 2 aromatic carbocycles. The predicted molar refractivity (Wildman–Crippen MR) is 124 cm³/mol. The summed E-state index contributed by atoms with van der Waals surface area (Å²) in [5.74, 6) is -0.231. The fourth-order valence-corrected chi connectivity index (χ4v) is 5.21. The third-order valence-corrected chi connectivity index (χ3v) is 7.91. The average Bonchev–Trinajstić information content (AvgIpc) is 3.05. The van der Waals surface area contributed by atoms with Crippen molar-refractivity contribution in [1.29, 1.82) is 0 Å². The normalized spacial score (nSPS) is 13.9. The summed E-state index contributed by atoms with van der Waals surface area (Å²) in [7, 11) is -0.158. The lowest BCUT2D eigenvalue weighted by molar-refractivity contribution is 0.0932. The second-order valence-corrected chi connectivity index (χ2v) is 10.6. The molecule has 1 heterocycles. The minimum Gasteiger partial charge on any atom is -0.383 e. The second-order valence-electron chi connectivity index (χ2n) is 7.84. The third-order valence-electron chi connectivity index (χ3n) is 5.48. The van der Waals surface area contributed by atoms with Crippen LogP contribution in [-0.4, -0.2) is 37.9 Å². The smallest absolute Gasteiger partial charge is 0.268 e. The number of ether oxygens (including phenoxy) is 1. The molecule has 0 saturated heterocycles. The molecule has 2 atom stereocenters. The molecule has 3 aromatic rings. The molecule has 0 aliphatic carbocycles. The summed E-state index contributed by atoms with van der Waals surface area (Å²) in [5.41, 5.74) is 3.22. The van der Waals surface area contributed by atoms with Gasteiger partial charge in [0, 0.05) is 19.5 Å². The first-order valence-electron chi connectivity index (χ1n) is 9.95. The molecule has 1 aromatic heterocycles. The third kappa shape index (κ3) is 4.63. The number of carbonyl (C=O) groups is 1. The van der Waals surface area contributed by atoms with E-state index in [4.69, 9.17) is 16.3 Å². The average molecular weight is 463 g/mol. The number of halogens is 1. The molecule has 0 aliphatic heterocycles. The Morgan fingerprint density at radius 3 is 2.42 bits per heavy atom. The van der Waals surface area contributed by atoms with E-state index in [2.05, 4.69) is 5.32 Å². The van der Waals surface area contributed by atoms with Gasteiger partial charge in [-0.15, -0.1) is 0 Å². The highest BCUT2D eigenvalue weighted by molar-refractivity contribution is 7.92. The van der Waals surface area contributed by atoms with Gasteiger partial charge < -0.3 is 14.6 Å². The highest BCUT2D eigenvalue weighted by Gasteiger charge is 2.24. The monoisotopic (exact) mass is 462 g/mol. The first-order valence-corrected chi connectivity index (χ1v) is 11.9. The maximum Gasteiger partial charge on any atom is 0.268 e. The summed E-state index contributed by atoms with van der Waals surface area (Å²) in [4.78, 5) is 13.2. The number of rotatable bonds is 7. The Labute approximate surface area is 188 Å². The van der Waals surface area contributed by atoms with Gasteiger partial charge in [-0.25, -0.2) is 8.42 Å². The van der Waals surface area contributed by atoms with Gasteiger partial charge in [0.25, 0.3) is 5.91 Å². The number of sulfone groups is 1. The largest absolute Gasteiger partial charge is 0.383 e. The van der Waals surface area contributed by atoms with Crippen molar-refractivity contribution in [1.82, 2.24) is 9.88 Å². The Morgan fingerprint density at radius 1 is 1.16 bits per heavy atom. The zero-order valence-electron chi connectivity index (χ0n) is 18.3. The van der Waals surface area contributed by atoms with Gasteiger partial charge >= 0.3 is 0 Å². The van der Waals surface area contributed by atoms with Gasteiger partial charge in [0.05, 0.1) is 33.3 Å². The number of methoxy groups -OCH3 is 1. The van der Waals surface area contributed by atoms with Crippen LogP contribution in [0.3, 0.4) is 0 Å². The van der Waals surface area contributed by atoms with E-state index in [0.29, 0.717) is 10.7 Å². The van der Waals surface area contributed by atoms with E-state index < -0.39 is 15.1 Å². The minimum absolute atomic E-state index is 0.130. The first-order chi connectivity index (χ1) is 14.6. The fraction of sp³-hybridized carbons (Fsp3) is 0.348. The Kier molecular flexibility index (Phi) is 6.79. The van der Waals surface area contributed by atoms with Gasteiger partial charge in [0.2, 0.25) is 0 Å². The summed E-state index contributed by atoms with van der Waals surface area (Å²) < 4.78 is 31.9. The number of hydrogen-bond donors (Lipinski definition) is 1. The van der Waals surface area contributed by atoms with Crippen LogP contribution in [0.25, 0.3) is 10.9 Å². The van der Waals surface area contributed by atoms with E-state index in [9.17, 15) is 13.2 Å². The molecule has 166 valence electrons. The number of benzene rings is 2. The summed E-state index contributed by atoms with van der Waals surface area (Å²) >= 11 is 6.35. The quantitative estimate of drug-likeness (QED) is 0.563. The number of amides is 1. The van der Waals surface area contributed by atoms with Gasteiger partial charge in [0.15, 0.2) is 9.84 Å². The molecule has 0 radical (unpaired) electrons. The number of nitrogens with one attached hydrogen (secondary N) is 1. The zero-order valence-corrected chi connectivity index (χ0v) is 19.8. The summed E-state index contributed by atoms with van der Waals surface area (Å²) in [6.45, 7) is 5.56. The van der Waals surface area contributed by atoms with Crippen molar-refractivity contribution < 1.29 is 17.9 Å². The van der Waals surface area contributed by atoms with E-state index in [1.54, 1.807) is 37.3 Å². The summed E-state index contributed by atoms with van der Waals surface area (Å²) in [6, 6.07) is 11.9. The van der Waals surface area contributed by atoms with E-state index in [1.165, 1.54) is 7.11 Å². The maximum atomic E-state index is 12.9. The van der Waals surface area contributed by atoms with Crippen molar-refractivity contribution in [2.75, 3.05) is 13.7 Å². The Morgan fingerprint density at radius 2 is 1.81 bits per heavy atom. The van der Waals surface area contributed by atoms with Crippen LogP contribution in [0.4, 0.5) is 0 Å². The number of aromatic nitrogens is 1. The molecule has 0 bridgehead atoms. The van der Waals surface area contributed by atoms with E-state index in [-0.39, 0.29) is 23.5 Å². The molecule has 8 heteroatoms. The molecule has 3 rings (SSSR count). The van der Waals surface area contributed by atoms with E-state index in [0.717, 1.165) is 22.0 Å². The molecule has 1 unspecified atom stereocenters. The van der Waals surface area contributed by atoms with Crippen LogP contribution in [0.1, 0.15) is 41.5 Å². The van der Waals surface area contributed by atoms with Crippen molar-refractivity contribution in [2.45, 2.75) is 37.0 Å². The number of fused-ring (bicyclic) bond motifs is 1. The van der Waals surface area contributed by atoms with Gasteiger partial charge in [-0.1, -0.05) is 23.7 Å². The van der Waals surface area contributed by atoms with Gasteiger partial charge in [-0.3, -0.25) is 4.79 Å². The lowest BCUT2D eigenvalue weighted by Gasteiger charge is -2.16. The van der Waals surface area contributed by atoms with E-state index >= 15 is 0 Å². The minimum atomic E-state index is -3.47. The van der Waals surface area contributed by atoms with Gasteiger partial charge in [-0.2, -0.15) is 0 Å². The van der Waals surface area contributed by atoms with E-state index in [1.807, 2.05) is 37.6 Å². The zero-order chi connectivity index (χ0) is 22.9. The highest BCUT2D eigenvalue weighted by Crippen LogP contribution is 2.28. The number of nitrogens with zero attached hydrogens (tertiary/aromatic N) is 1. The Hall–Kier alpha value is -2.35. The van der Waals surface area contributed by atoms with Crippen LogP contribution >= 0.6 is 11.6 Å². The summed E-state index contributed by atoms with van der Waals surface area (Å²) in [5, 5.41) is 3.78. The number of hydrogen-bond acceptors (Lipinski definition) is 4. The second kappa shape index (κ2) is 9.02. The first kappa shape index (κ1) is 23.3. The van der Waals surface area contributed by atoms with Crippen LogP contribution in [0.5, 0.6) is 0 Å².